The van der Waals surface area contributed by atoms with Crippen LogP contribution in [0.3, 0.4) is 0 Å². The molecular weight excluding hydrogens is 340 g/mol. The van der Waals surface area contributed by atoms with E-state index in [-0.39, 0.29) is 22.3 Å². The fraction of sp³-hybridized carbons (Fsp3) is 0.739. The van der Waals surface area contributed by atoms with Gasteiger partial charge < -0.3 is 20.4 Å². The topological polar surface area (TPSA) is 80.9 Å². The molecule has 2 aliphatic carbocycles. The van der Waals surface area contributed by atoms with Gasteiger partial charge in [-0.1, -0.05) is 48.0 Å². The van der Waals surface area contributed by atoms with Gasteiger partial charge >= 0.3 is 0 Å². The second-order valence-electron chi connectivity index (χ2n) is 9.72. The van der Waals surface area contributed by atoms with Crippen LogP contribution in [0, 0.1) is 23.7 Å². The van der Waals surface area contributed by atoms with Crippen molar-refractivity contribution in [3.05, 3.63) is 11.1 Å². The van der Waals surface area contributed by atoms with Crippen LogP contribution in [0.5, 0.6) is 23.0 Å². The van der Waals surface area contributed by atoms with E-state index in [1.807, 2.05) is 13.8 Å². The molecule has 0 radical (unpaired) electrons. The lowest BCUT2D eigenvalue weighted by atomic mass is 9.47. The van der Waals surface area contributed by atoms with Crippen molar-refractivity contribution in [1.82, 2.24) is 0 Å². The molecule has 27 heavy (non-hydrogen) atoms. The van der Waals surface area contributed by atoms with E-state index in [1.54, 1.807) is 6.92 Å². The summed E-state index contributed by atoms with van der Waals surface area (Å²) in [6.45, 7) is 14.9. The Morgan fingerprint density at radius 3 is 1.93 bits per heavy atom. The first-order chi connectivity index (χ1) is 12.4. The molecule has 3 atom stereocenters. The summed E-state index contributed by atoms with van der Waals surface area (Å²) in [5.74, 6) is -1.23. The summed E-state index contributed by atoms with van der Waals surface area (Å²) in [5.41, 5.74) is 1.22. The largest absolute Gasteiger partial charge is 0.504 e. The lowest BCUT2D eigenvalue weighted by Gasteiger charge is -2.58. The van der Waals surface area contributed by atoms with Crippen LogP contribution in [0.4, 0.5) is 0 Å². The standard InChI is InChI=1S/C21H32O4.C2H6/c1-12-14(16(23)18(25)17(24)15(12)22)21(5)10-7-13-19(2,3)8-6-9-20(13,4)11-21;1-2/h13,22-25H,6-11H2,1-5H3;1-2H3/t13-,20?,21?;/m0./s1. The molecule has 4 nitrogen and oxygen atoms in total. The molecule has 2 aliphatic rings. The molecule has 2 unspecified atom stereocenters. The predicted molar refractivity (Wildman–Crippen MR) is 110 cm³/mol. The maximum absolute atomic E-state index is 10.6. The number of rotatable bonds is 1. The monoisotopic (exact) mass is 378 g/mol. The molecule has 0 aliphatic heterocycles. The van der Waals surface area contributed by atoms with Gasteiger partial charge in [0.25, 0.3) is 0 Å². The third-order valence-electron chi connectivity index (χ3n) is 7.38. The normalized spacial score (nSPS) is 32.2. The Kier molecular flexibility index (Phi) is 5.71. The zero-order valence-electron chi connectivity index (χ0n) is 18.1. The van der Waals surface area contributed by atoms with Gasteiger partial charge in [-0.3, -0.25) is 0 Å². The summed E-state index contributed by atoms with van der Waals surface area (Å²) in [4.78, 5) is 0. The quantitative estimate of drug-likeness (QED) is 0.351. The number of hydrogen-bond acceptors (Lipinski definition) is 4. The van der Waals surface area contributed by atoms with Gasteiger partial charge in [0.2, 0.25) is 11.5 Å². The predicted octanol–water partition coefficient (Wildman–Crippen LogP) is 6.12. The first kappa shape index (κ1) is 21.7. The minimum absolute atomic E-state index is 0.177. The molecule has 0 heterocycles. The van der Waals surface area contributed by atoms with Crippen LogP contribution in [0.2, 0.25) is 0 Å². The van der Waals surface area contributed by atoms with Gasteiger partial charge in [-0.05, 0) is 61.2 Å². The summed E-state index contributed by atoms with van der Waals surface area (Å²) in [6.07, 6.45) is 6.52. The van der Waals surface area contributed by atoms with E-state index < -0.39 is 11.5 Å². The first-order valence-electron chi connectivity index (χ1n) is 10.4. The van der Waals surface area contributed by atoms with Gasteiger partial charge in [0, 0.05) is 11.1 Å². The minimum atomic E-state index is -0.638. The van der Waals surface area contributed by atoms with Crippen molar-refractivity contribution in [2.75, 3.05) is 0 Å². The van der Waals surface area contributed by atoms with Crippen molar-refractivity contribution >= 4 is 0 Å². The average Bonchev–Trinajstić information content (AvgIpc) is 2.58. The smallest absolute Gasteiger partial charge is 0.204 e. The summed E-state index contributed by atoms with van der Waals surface area (Å²) in [6, 6.07) is 0. The van der Waals surface area contributed by atoms with Gasteiger partial charge in [0.1, 0.15) is 0 Å². The summed E-state index contributed by atoms with van der Waals surface area (Å²) < 4.78 is 0. The van der Waals surface area contributed by atoms with Crippen LogP contribution in [0.15, 0.2) is 0 Å². The molecule has 0 saturated heterocycles. The maximum Gasteiger partial charge on any atom is 0.204 e. The lowest BCUT2D eigenvalue weighted by Crippen LogP contribution is -2.49. The number of phenolic OH excluding ortho intramolecular Hbond substituents is 4. The zero-order chi connectivity index (χ0) is 20.8. The van der Waals surface area contributed by atoms with E-state index in [4.69, 9.17) is 0 Å². The van der Waals surface area contributed by atoms with Crippen molar-refractivity contribution < 1.29 is 20.4 Å². The lowest BCUT2D eigenvalue weighted by molar-refractivity contribution is -0.0559. The molecule has 1 aromatic carbocycles. The van der Waals surface area contributed by atoms with Crippen LogP contribution in [0.25, 0.3) is 0 Å². The van der Waals surface area contributed by atoms with Crippen molar-refractivity contribution in [1.29, 1.82) is 0 Å². The first-order valence-corrected chi connectivity index (χ1v) is 10.4. The number of aromatic hydroxyl groups is 4. The highest BCUT2D eigenvalue weighted by Crippen LogP contribution is 2.64. The van der Waals surface area contributed by atoms with E-state index in [2.05, 4.69) is 27.7 Å². The number of fused-ring (bicyclic) bond motifs is 1. The maximum atomic E-state index is 10.6. The molecule has 0 bridgehead atoms. The number of phenols is 4. The molecule has 154 valence electrons. The summed E-state index contributed by atoms with van der Waals surface area (Å²) >= 11 is 0. The van der Waals surface area contributed by atoms with Crippen molar-refractivity contribution in [2.45, 2.75) is 92.4 Å². The third-order valence-corrected chi connectivity index (χ3v) is 7.38. The van der Waals surface area contributed by atoms with Gasteiger partial charge in [0.05, 0.1) is 0 Å². The van der Waals surface area contributed by atoms with E-state index >= 15 is 0 Å². The van der Waals surface area contributed by atoms with Gasteiger partial charge in [0.15, 0.2) is 11.5 Å². The molecule has 2 fully saturated rings. The van der Waals surface area contributed by atoms with Crippen LogP contribution in [-0.2, 0) is 5.41 Å². The van der Waals surface area contributed by atoms with Crippen LogP contribution < -0.4 is 0 Å². The Hall–Kier alpha value is -1.58. The number of benzene rings is 1. The second kappa shape index (κ2) is 7.10. The van der Waals surface area contributed by atoms with Crippen molar-refractivity contribution in [2.24, 2.45) is 16.7 Å². The summed E-state index contributed by atoms with van der Waals surface area (Å²) in [5, 5.41) is 40.6. The molecule has 4 heteroatoms. The average molecular weight is 379 g/mol. The molecule has 0 amide bonds. The van der Waals surface area contributed by atoms with Gasteiger partial charge in [-0.25, -0.2) is 0 Å². The fourth-order valence-electron chi connectivity index (χ4n) is 6.40. The third kappa shape index (κ3) is 3.36. The molecule has 1 aromatic rings. The highest BCUT2D eigenvalue weighted by molar-refractivity contribution is 5.66. The van der Waals surface area contributed by atoms with E-state index in [0.717, 1.165) is 19.3 Å². The minimum Gasteiger partial charge on any atom is -0.504 e. The molecule has 3 rings (SSSR count). The van der Waals surface area contributed by atoms with E-state index in [1.165, 1.54) is 19.3 Å². The molecular formula is C23H38O4. The van der Waals surface area contributed by atoms with Crippen LogP contribution in [0.1, 0.15) is 91.2 Å². The van der Waals surface area contributed by atoms with Crippen molar-refractivity contribution in [3.8, 4) is 23.0 Å². The Labute approximate surface area is 164 Å². The number of hydrogen-bond donors (Lipinski definition) is 4. The van der Waals surface area contributed by atoms with Gasteiger partial charge in [-0.2, -0.15) is 0 Å². The second-order valence-corrected chi connectivity index (χ2v) is 9.72. The fourth-order valence-corrected chi connectivity index (χ4v) is 6.40. The Bertz CT molecular complexity index is 680. The molecule has 0 aromatic heterocycles. The Balaban J connectivity index is 0.00000126. The SMILES string of the molecule is CC.Cc1c(O)c(O)c(O)c(O)c1C1(C)CC[C@H]2C(C)(C)CCCC2(C)C1. The van der Waals surface area contributed by atoms with E-state index in [0.29, 0.717) is 22.5 Å². The zero-order valence-corrected chi connectivity index (χ0v) is 18.1. The van der Waals surface area contributed by atoms with Gasteiger partial charge in [-0.15, -0.1) is 0 Å². The summed E-state index contributed by atoms with van der Waals surface area (Å²) in [7, 11) is 0. The highest BCUT2D eigenvalue weighted by atomic mass is 16.3. The molecule has 0 spiro atoms. The molecule has 4 N–H and O–H groups in total. The van der Waals surface area contributed by atoms with Crippen LogP contribution in [-0.4, -0.2) is 20.4 Å². The van der Waals surface area contributed by atoms with Crippen LogP contribution >= 0.6 is 0 Å². The Morgan fingerprint density at radius 1 is 0.778 bits per heavy atom. The van der Waals surface area contributed by atoms with E-state index in [9.17, 15) is 20.4 Å². The molecule has 2 saturated carbocycles. The van der Waals surface area contributed by atoms with Crippen molar-refractivity contribution in [3.63, 3.8) is 0 Å². The Morgan fingerprint density at radius 2 is 1.33 bits per heavy atom. The highest BCUT2D eigenvalue weighted by Gasteiger charge is 2.53.